The average molecular weight is 264 g/mol. The van der Waals surface area contributed by atoms with E-state index in [-0.39, 0.29) is 0 Å². The fourth-order valence-corrected chi connectivity index (χ4v) is 2.49. The first kappa shape index (κ1) is 14.6. The zero-order valence-corrected chi connectivity index (χ0v) is 12.5. The van der Waals surface area contributed by atoms with Crippen molar-refractivity contribution in [1.82, 2.24) is 0 Å². The Bertz CT molecular complexity index is 481. The number of hydrogen-bond donors (Lipinski definition) is 0. The van der Waals surface area contributed by atoms with Crippen molar-refractivity contribution < 1.29 is 0 Å². The van der Waals surface area contributed by atoms with E-state index in [1.54, 1.807) is 0 Å². The molecule has 0 fully saturated rings. The van der Waals surface area contributed by atoms with Crippen LogP contribution in [-0.2, 0) is 0 Å². The van der Waals surface area contributed by atoms with E-state index in [2.05, 4.69) is 80.6 Å². The molecule has 0 aliphatic carbocycles. The Hall–Kier alpha value is -1.82. The Balaban J connectivity index is 2.32. The number of hydrogen-bond acceptors (Lipinski definition) is 0. The van der Waals surface area contributed by atoms with Gasteiger partial charge in [-0.25, -0.2) is 0 Å². The third-order valence-corrected chi connectivity index (χ3v) is 3.63. The van der Waals surface area contributed by atoms with Gasteiger partial charge in [-0.2, -0.15) is 0 Å². The van der Waals surface area contributed by atoms with E-state index in [1.165, 1.54) is 36.0 Å². The van der Waals surface area contributed by atoms with Crippen molar-refractivity contribution in [1.29, 1.82) is 0 Å². The second-order valence-electron chi connectivity index (χ2n) is 5.43. The Morgan fingerprint density at radius 1 is 0.900 bits per heavy atom. The molecule has 0 N–H and O–H groups in total. The number of benzene rings is 2. The summed E-state index contributed by atoms with van der Waals surface area (Å²) in [4.78, 5) is 0. The molecule has 0 spiro atoms. The van der Waals surface area contributed by atoms with Gasteiger partial charge in [0.1, 0.15) is 0 Å². The largest absolute Gasteiger partial charge is 0.0732 e. The molecule has 2 rings (SSSR count). The second kappa shape index (κ2) is 7.69. The van der Waals surface area contributed by atoms with Crippen LogP contribution in [0.1, 0.15) is 44.2 Å². The van der Waals surface area contributed by atoms with Gasteiger partial charge in [0.25, 0.3) is 0 Å². The molecular weight excluding hydrogens is 240 g/mol. The molecule has 0 nitrogen and oxygen atoms in total. The molecule has 0 amide bonds. The minimum Gasteiger partial charge on any atom is -0.0732 e. The second-order valence-corrected chi connectivity index (χ2v) is 5.43. The fourth-order valence-electron chi connectivity index (χ4n) is 2.49. The predicted molar refractivity (Wildman–Crippen MR) is 88.7 cm³/mol. The van der Waals surface area contributed by atoms with Crippen LogP contribution in [0.25, 0.3) is 5.57 Å². The highest BCUT2D eigenvalue weighted by molar-refractivity contribution is 5.79. The van der Waals surface area contributed by atoms with E-state index in [4.69, 9.17) is 0 Å². The predicted octanol–water partition coefficient (Wildman–Crippen LogP) is 5.94. The van der Waals surface area contributed by atoms with Crippen LogP contribution in [0.4, 0.5) is 0 Å². The van der Waals surface area contributed by atoms with Gasteiger partial charge in [0.05, 0.1) is 0 Å². The third-order valence-electron chi connectivity index (χ3n) is 3.63. The van der Waals surface area contributed by atoms with Crippen LogP contribution in [0.3, 0.4) is 0 Å². The highest BCUT2D eigenvalue weighted by atomic mass is 14.1. The Labute approximate surface area is 123 Å². The number of rotatable bonds is 6. The van der Waals surface area contributed by atoms with Crippen molar-refractivity contribution in [2.24, 2.45) is 5.92 Å². The normalized spacial score (nSPS) is 11.9. The molecule has 0 bridgehead atoms. The standard InChI is InChI=1S/C20H24/c1-3-4-11-17(2)16-20(18-12-7-5-8-13-18)19-14-9-6-10-15-19/h5-10,12-17H,3-4,11H2,1-2H3. The van der Waals surface area contributed by atoms with Gasteiger partial charge in [-0.05, 0) is 29.0 Å². The number of unbranched alkanes of at least 4 members (excludes halogenated alkanes) is 1. The summed E-state index contributed by atoms with van der Waals surface area (Å²) in [5, 5.41) is 0. The maximum Gasteiger partial charge on any atom is -0.0149 e. The summed E-state index contributed by atoms with van der Waals surface area (Å²) in [5.74, 6) is 0.616. The molecule has 1 atom stereocenters. The summed E-state index contributed by atoms with van der Waals surface area (Å²) >= 11 is 0. The van der Waals surface area contributed by atoms with Gasteiger partial charge in [0, 0.05) is 0 Å². The van der Waals surface area contributed by atoms with E-state index in [9.17, 15) is 0 Å². The van der Waals surface area contributed by atoms with Gasteiger partial charge in [-0.3, -0.25) is 0 Å². The molecular formula is C20H24. The van der Waals surface area contributed by atoms with Gasteiger partial charge in [-0.15, -0.1) is 0 Å². The van der Waals surface area contributed by atoms with Crippen molar-refractivity contribution in [2.75, 3.05) is 0 Å². The summed E-state index contributed by atoms with van der Waals surface area (Å²) in [6, 6.07) is 21.4. The van der Waals surface area contributed by atoms with Crippen LogP contribution in [0.2, 0.25) is 0 Å². The SMILES string of the molecule is CCCCC(C)C=C(c1ccccc1)c1ccccc1. The average Bonchev–Trinajstić information content (AvgIpc) is 2.52. The first-order valence-corrected chi connectivity index (χ1v) is 7.64. The highest BCUT2D eigenvalue weighted by Crippen LogP contribution is 2.26. The maximum absolute atomic E-state index is 2.43. The molecule has 0 aliphatic heterocycles. The molecule has 0 aromatic heterocycles. The van der Waals surface area contributed by atoms with Gasteiger partial charge in [0.15, 0.2) is 0 Å². The maximum atomic E-state index is 2.43. The zero-order chi connectivity index (χ0) is 14.2. The minimum absolute atomic E-state index is 0.616. The first-order chi connectivity index (χ1) is 9.81. The molecule has 0 aliphatic rings. The summed E-state index contributed by atoms with van der Waals surface area (Å²) in [5.41, 5.74) is 3.97. The van der Waals surface area contributed by atoms with Crippen molar-refractivity contribution in [2.45, 2.75) is 33.1 Å². The van der Waals surface area contributed by atoms with Crippen molar-refractivity contribution in [3.8, 4) is 0 Å². The van der Waals surface area contributed by atoms with E-state index in [0.717, 1.165) is 0 Å². The fraction of sp³-hybridized carbons (Fsp3) is 0.300. The van der Waals surface area contributed by atoms with Crippen LogP contribution in [0.15, 0.2) is 66.7 Å². The van der Waals surface area contributed by atoms with Crippen LogP contribution in [0, 0.1) is 5.92 Å². The van der Waals surface area contributed by atoms with Crippen molar-refractivity contribution >= 4 is 5.57 Å². The summed E-state index contributed by atoms with van der Waals surface area (Å²) < 4.78 is 0. The lowest BCUT2D eigenvalue weighted by molar-refractivity contribution is 0.599. The molecule has 2 aromatic rings. The topological polar surface area (TPSA) is 0 Å². The van der Waals surface area contributed by atoms with Crippen LogP contribution in [-0.4, -0.2) is 0 Å². The molecule has 0 radical (unpaired) electrons. The minimum atomic E-state index is 0.616. The zero-order valence-electron chi connectivity index (χ0n) is 12.5. The summed E-state index contributed by atoms with van der Waals surface area (Å²) in [7, 11) is 0. The lowest BCUT2D eigenvalue weighted by atomic mass is 9.92. The van der Waals surface area contributed by atoms with Gasteiger partial charge >= 0.3 is 0 Å². The van der Waals surface area contributed by atoms with Gasteiger partial charge < -0.3 is 0 Å². The Kier molecular flexibility index (Phi) is 5.61. The molecule has 0 saturated heterocycles. The molecule has 1 unspecified atom stereocenters. The van der Waals surface area contributed by atoms with E-state index >= 15 is 0 Å². The van der Waals surface area contributed by atoms with Crippen LogP contribution >= 0.6 is 0 Å². The first-order valence-electron chi connectivity index (χ1n) is 7.64. The molecule has 0 heterocycles. The Morgan fingerprint density at radius 3 is 1.85 bits per heavy atom. The van der Waals surface area contributed by atoms with Crippen LogP contribution < -0.4 is 0 Å². The summed E-state index contributed by atoms with van der Waals surface area (Å²) in [6.45, 7) is 4.58. The lowest BCUT2D eigenvalue weighted by Crippen LogP contribution is -1.94. The molecule has 0 heteroatoms. The molecule has 2 aromatic carbocycles. The Morgan fingerprint density at radius 2 is 1.40 bits per heavy atom. The molecule has 20 heavy (non-hydrogen) atoms. The highest BCUT2D eigenvalue weighted by Gasteiger charge is 2.06. The molecule has 104 valence electrons. The summed E-state index contributed by atoms with van der Waals surface area (Å²) in [6.07, 6.45) is 6.26. The van der Waals surface area contributed by atoms with Gasteiger partial charge in [0.2, 0.25) is 0 Å². The monoisotopic (exact) mass is 264 g/mol. The van der Waals surface area contributed by atoms with Gasteiger partial charge in [-0.1, -0.05) is 93.4 Å². The van der Waals surface area contributed by atoms with E-state index in [1.807, 2.05) is 0 Å². The number of allylic oxidation sites excluding steroid dienone is 1. The third kappa shape index (κ3) is 4.09. The van der Waals surface area contributed by atoms with E-state index in [0.29, 0.717) is 5.92 Å². The van der Waals surface area contributed by atoms with Crippen LogP contribution in [0.5, 0.6) is 0 Å². The molecule has 0 saturated carbocycles. The lowest BCUT2D eigenvalue weighted by Gasteiger charge is -2.12. The quantitative estimate of drug-likeness (QED) is 0.605. The van der Waals surface area contributed by atoms with Crippen molar-refractivity contribution in [3.05, 3.63) is 77.9 Å². The van der Waals surface area contributed by atoms with Crippen molar-refractivity contribution in [3.63, 3.8) is 0 Å². The smallest absolute Gasteiger partial charge is 0.0149 e. The van der Waals surface area contributed by atoms with E-state index < -0.39 is 0 Å².